The van der Waals surface area contributed by atoms with Crippen molar-refractivity contribution in [1.29, 1.82) is 0 Å². The molecule has 7 heteroatoms. The first-order chi connectivity index (χ1) is 15.5. The highest BCUT2D eigenvalue weighted by molar-refractivity contribution is 6.23. The summed E-state index contributed by atoms with van der Waals surface area (Å²) in [5, 5.41) is 0. The van der Waals surface area contributed by atoms with Crippen LogP contribution in [0.3, 0.4) is 0 Å². The van der Waals surface area contributed by atoms with Gasteiger partial charge in [-0.25, -0.2) is 4.90 Å². The van der Waals surface area contributed by atoms with E-state index in [-0.39, 0.29) is 36.1 Å². The molecule has 2 saturated carbocycles. The van der Waals surface area contributed by atoms with Crippen molar-refractivity contribution in [2.24, 2.45) is 5.92 Å². The van der Waals surface area contributed by atoms with E-state index in [1.165, 1.54) is 11.8 Å². The molecule has 0 radical (unpaired) electrons. The third kappa shape index (κ3) is 4.71. The maximum absolute atomic E-state index is 13.6. The predicted octanol–water partition coefficient (Wildman–Crippen LogP) is 3.99. The first-order valence-corrected chi connectivity index (χ1v) is 11.9. The molecule has 1 saturated heterocycles. The van der Waals surface area contributed by atoms with Gasteiger partial charge in [0.15, 0.2) is 0 Å². The molecule has 1 aromatic rings. The zero-order valence-corrected chi connectivity index (χ0v) is 18.8. The van der Waals surface area contributed by atoms with Crippen LogP contribution in [0.25, 0.3) is 0 Å². The fourth-order valence-corrected chi connectivity index (χ4v) is 5.44. The average molecular weight is 441 g/mol. The Labute approximate surface area is 189 Å². The quantitative estimate of drug-likeness (QED) is 0.393. The number of hydrogen-bond acceptors (Lipinski definition) is 5. The molecule has 0 spiro atoms. The summed E-state index contributed by atoms with van der Waals surface area (Å²) in [5.41, 5.74) is 0.437. The van der Waals surface area contributed by atoms with Gasteiger partial charge >= 0.3 is 5.97 Å². The van der Waals surface area contributed by atoms with Crippen LogP contribution in [-0.4, -0.2) is 40.7 Å². The summed E-state index contributed by atoms with van der Waals surface area (Å²) in [4.78, 5) is 54.2. The normalized spacial score (nSPS) is 22.8. The van der Waals surface area contributed by atoms with Crippen LogP contribution in [0, 0.1) is 5.92 Å². The van der Waals surface area contributed by atoms with E-state index in [9.17, 15) is 19.2 Å². The molecule has 2 aliphatic carbocycles. The molecule has 7 nitrogen and oxygen atoms in total. The van der Waals surface area contributed by atoms with E-state index in [1.54, 1.807) is 24.3 Å². The second-order valence-corrected chi connectivity index (χ2v) is 9.25. The van der Waals surface area contributed by atoms with Gasteiger partial charge in [-0.3, -0.25) is 19.2 Å². The van der Waals surface area contributed by atoms with Gasteiger partial charge < -0.3 is 9.64 Å². The monoisotopic (exact) mass is 440 g/mol. The van der Waals surface area contributed by atoms with Gasteiger partial charge in [0.05, 0.1) is 12.1 Å². The van der Waals surface area contributed by atoms with Gasteiger partial charge in [0, 0.05) is 18.9 Å². The highest BCUT2D eigenvalue weighted by Crippen LogP contribution is 2.35. The van der Waals surface area contributed by atoms with Crippen molar-refractivity contribution < 1.29 is 23.9 Å². The van der Waals surface area contributed by atoms with Crippen LogP contribution in [0.4, 0.5) is 5.69 Å². The summed E-state index contributed by atoms with van der Waals surface area (Å²) in [7, 11) is 0. The molecule has 3 fully saturated rings. The minimum absolute atomic E-state index is 0.0273. The minimum atomic E-state index is -0.729. The van der Waals surface area contributed by atoms with Crippen molar-refractivity contribution >= 4 is 29.4 Å². The van der Waals surface area contributed by atoms with E-state index in [1.807, 2.05) is 4.90 Å². The Kier molecular flexibility index (Phi) is 6.92. The summed E-state index contributed by atoms with van der Waals surface area (Å²) in [6.07, 6.45) is 10.1. The van der Waals surface area contributed by atoms with Gasteiger partial charge in [-0.2, -0.15) is 0 Å². The number of anilines is 1. The number of ether oxygens (including phenoxy) is 1. The van der Waals surface area contributed by atoms with Crippen LogP contribution >= 0.6 is 0 Å². The molecule has 0 N–H and O–H groups in total. The number of rotatable bonds is 5. The van der Waals surface area contributed by atoms with Gasteiger partial charge in [-0.15, -0.1) is 0 Å². The molecule has 3 aliphatic rings. The van der Waals surface area contributed by atoms with Crippen LogP contribution in [0.5, 0.6) is 5.75 Å². The molecule has 0 bridgehead atoms. The van der Waals surface area contributed by atoms with Gasteiger partial charge in [0.25, 0.3) is 5.91 Å². The van der Waals surface area contributed by atoms with Crippen molar-refractivity contribution in [2.75, 3.05) is 4.90 Å². The Morgan fingerprint density at radius 3 is 2.09 bits per heavy atom. The SMILES string of the molecule is CC(=O)Oc1ccc(N2C(=O)CC(N(C(=O)C3CCCCC3)C3CCCCC3)C2=O)cc1. The predicted molar refractivity (Wildman–Crippen MR) is 119 cm³/mol. The molecule has 1 aromatic carbocycles. The zero-order chi connectivity index (χ0) is 22.7. The van der Waals surface area contributed by atoms with Crippen molar-refractivity contribution in [3.63, 3.8) is 0 Å². The summed E-state index contributed by atoms with van der Waals surface area (Å²) >= 11 is 0. The van der Waals surface area contributed by atoms with E-state index >= 15 is 0 Å². The molecule has 1 atom stereocenters. The molecule has 0 aromatic heterocycles. The molecule has 32 heavy (non-hydrogen) atoms. The molecule has 1 heterocycles. The Balaban J connectivity index is 1.57. The molecule has 4 rings (SSSR count). The van der Waals surface area contributed by atoms with Crippen LogP contribution in [0.15, 0.2) is 24.3 Å². The topological polar surface area (TPSA) is 84.0 Å². The standard InChI is InChI=1S/C25H32N2O5/c1-17(28)32-21-14-12-20(13-15-21)27-23(29)16-22(25(27)31)26(19-10-6-3-7-11-19)24(30)18-8-4-2-5-9-18/h12-15,18-19,22H,2-11,16H2,1H3. The molecule has 3 amide bonds. The van der Waals surface area contributed by atoms with E-state index in [0.29, 0.717) is 11.4 Å². The average Bonchev–Trinajstić information content (AvgIpc) is 3.09. The van der Waals surface area contributed by atoms with Gasteiger partial charge in [0.2, 0.25) is 11.8 Å². The highest BCUT2D eigenvalue weighted by atomic mass is 16.5. The third-order valence-electron chi connectivity index (χ3n) is 6.99. The van der Waals surface area contributed by atoms with Gasteiger partial charge in [-0.1, -0.05) is 38.5 Å². The Bertz CT molecular complexity index is 869. The van der Waals surface area contributed by atoms with Gasteiger partial charge in [0.1, 0.15) is 11.8 Å². The number of benzene rings is 1. The highest BCUT2D eigenvalue weighted by Gasteiger charge is 2.47. The van der Waals surface area contributed by atoms with E-state index in [2.05, 4.69) is 0 Å². The zero-order valence-electron chi connectivity index (χ0n) is 18.8. The van der Waals surface area contributed by atoms with Crippen LogP contribution in [0.2, 0.25) is 0 Å². The summed E-state index contributed by atoms with van der Waals surface area (Å²) in [6.45, 7) is 1.31. The number of imide groups is 1. The van der Waals surface area contributed by atoms with Crippen LogP contribution < -0.4 is 9.64 Å². The largest absolute Gasteiger partial charge is 0.427 e. The lowest BCUT2D eigenvalue weighted by Crippen LogP contribution is -2.53. The van der Waals surface area contributed by atoms with Crippen molar-refractivity contribution in [1.82, 2.24) is 4.90 Å². The molecule has 1 aliphatic heterocycles. The summed E-state index contributed by atoms with van der Waals surface area (Å²) < 4.78 is 5.04. The lowest BCUT2D eigenvalue weighted by Gasteiger charge is -2.40. The van der Waals surface area contributed by atoms with Gasteiger partial charge in [-0.05, 0) is 49.9 Å². The first kappa shape index (κ1) is 22.5. The van der Waals surface area contributed by atoms with Crippen molar-refractivity contribution in [3.8, 4) is 5.75 Å². The number of amides is 3. The number of hydrogen-bond donors (Lipinski definition) is 0. The summed E-state index contributed by atoms with van der Waals surface area (Å²) in [6, 6.07) is 5.64. The summed E-state index contributed by atoms with van der Waals surface area (Å²) in [5.74, 6) is -0.674. The van der Waals surface area contributed by atoms with E-state index in [0.717, 1.165) is 64.2 Å². The van der Waals surface area contributed by atoms with Crippen molar-refractivity contribution in [2.45, 2.75) is 89.6 Å². The lowest BCUT2D eigenvalue weighted by molar-refractivity contribution is -0.146. The number of carbonyl (C=O) groups is 4. The smallest absolute Gasteiger partial charge is 0.308 e. The molecule has 1 unspecified atom stereocenters. The molecular weight excluding hydrogens is 408 g/mol. The fourth-order valence-electron chi connectivity index (χ4n) is 5.44. The van der Waals surface area contributed by atoms with E-state index in [4.69, 9.17) is 4.74 Å². The van der Waals surface area contributed by atoms with E-state index < -0.39 is 12.0 Å². The maximum atomic E-state index is 13.6. The first-order valence-electron chi connectivity index (χ1n) is 11.9. The molecule has 172 valence electrons. The minimum Gasteiger partial charge on any atom is -0.427 e. The third-order valence-corrected chi connectivity index (χ3v) is 6.99. The second-order valence-electron chi connectivity index (χ2n) is 9.25. The second kappa shape index (κ2) is 9.84. The number of nitrogens with zero attached hydrogens (tertiary/aromatic N) is 2. The Morgan fingerprint density at radius 1 is 0.906 bits per heavy atom. The van der Waals surface area contributed by atoms with Crippen LogP contribution in [0.1, 0.15) is 77.6 Å². The number of carbonyl (C=O) groups excluding carboxylic acids is 4. The molecular formula is C25H32N2O5. The van der Waals surface area contributed by atoms with Crippen LogP contribution in [-0.2, 0) is 19.2 Å². The fraction of sp³-hybridized carbons (Fsp3) is 0.600. The van der Waals surface area contributed by atoms with Crippen molar-refractivity contribution in [3.05, 3.63) is 24.3 Å². The lowest BCUT2D eigenvalue weighted by atomic mass is 9.86. The maximum Gasteiger partial charge on any atom is 0.308 e. The number of esters is 1. The Hall–Kier alpha value is -2.70. The Morgan fingerprint density at radius 2 is 1.50 bits per heavy atom.